The Kier molecular flexibility index (Phi) is 6.58. The first-order valence-corrected chi connectivity index (χ1v) is 10.6. The van der Waals surface area contributed by atoms with Gasteiger partial charge in [-0.25, -0.2) is 13.1 Å². The molecule has 6 nitrogen and oxygen atoms in total. The Morgan fingerprint density at radius 2 is 1.67 bits per heavy atom. The van der Waals surface area contributed by atoms with Crippen LogP contribution in [0.5, 0.6) is 17.2 Å². The topological polar surface area (TPSA) is 73.9 Å². The molecule has 146 valence electrons. The second kappa shape index (κ2) is 9.10. The molecule has 2 aromatic carbocycles. The van der Waals surface area contributed by atoms with E-state index in [0.29, 0.717) is 17.2 Å². The van der Waals surface area contributed by atoms with Crippen molar-refractivity contribution in [2.24, 2.45) is 0 Å². The van der Waals surface area contributed by atoms with Crippen molar-refractivity contribution in [2.75, 3.05) is 20.3 Å². The van der Waals surface area contributed by atoms with Crippen LogP contribution in [0.4, 0.5) is 0 Å². The third-order valence-corrected chi connectivity index (χ3v) is 5.94. The number of nitrogens with one attached hydrogen (secondary N) is 1. The molecule has 0 atom stereocenters. The second-order valence-electron chi connectivity index (χ2n) is 6.39. The zero-order chi connectivity index (χ0) is 19.1. The molecule has 0 unspecified atom stereocenters. The van der Waals surface area contributed by atoms with Gasteiger partial charge in [-0.2, -0.15) is 0 Å². The third kappa shape index (κ3) is 5.37. The van der Waals surface area contributed by atoms with Gasteiger partial charge in [-0.1, -0.05) is 12.1 Å². The Labute approximate surface area is 160 Å². The van der Waals surface area contributed by atoms with Gasteiger partial charge in [-0.3, -0.25) is 0 Å². The molecular weight excluding hydrogens is 366 g/mol. The molecule has 0 bridgehead atoms. The number of rotatable bonds is 9. The summed E-state index contributed by atoms with van der Waals surface area (Å²) in [6.07, 6.45) is 4.76. The standard InChI is InChI=1S/C20H25NO5S/c1-24-19-8-4-5-9-20(19)25-15-14-21-27(22,23)18-12-10-17(11-13-18)26-16-6-2-3-7-16/h4-5,8-13,16,21H,2-3,6-7,14-15H2,1H3. The molecular formula is C20H25NO5S. The molecule has 27 heavy (non-hydrogen) atoms. The molecule has 0 spiro atoms. The van der Waals surface area contributed by atoms with E-state index in [1.807, 2.05) is 12.1 Å². The largest absolute Gasteiger partial charge is 0.493 e. The lowest BCUT2D eigenvalue weighted by atomic mass is 10.3. The number of hydrogen-bond acceptors (Lipinski definition) is 5. The summed E-state index contributed by atoms with van der Waals surface area (Å²) in [4.78, 5) is 0.207. The van der Waals surface area contributed by atoms with Gasteiger partial charge in [-0.05, 0) is 62.1 Å². The molecule has 7 heteroatoms. The minimum Gasteiger partial charge on any atom is -0.493 e. The predicted octanol–water partition coefficient (Wildman–Crippen LogP) is 3.37. The SMILES string of the molecule is COc1ccccc1OCCNS(=O)(=O)c1ccc(OC2CCCC2)cc1. The van der Waals surface area contributed by atoms with E-state index >= 15 is 0 Å². The normalized spacial score (nSPS) is 14.9. The highest BCUT2D eigenvalue weighted by Gasteiger charge is 2.18. The first kappa shape index (κ1) is 19.5. The minimum atomic E-state index is -3.59. The van der Waals surface area contributed by atoms with Crippen molar-refractivity contribution in [3.05, 3.63) is 48.5 Å². The highest BCUT2D eigenvalue weighted by atomic mass is 32.2. The summed E-state index contributed by atoms with van der Waals surface area (Å²) in [5.41, 5.74) is 0. The van der Waals surface area contributed by atoms with Crippen molar-refractivity contribution in [1.82, 2.24) is 4.72 Å². The lowest BCUT2D eigenvalue weighted by Crippen LogP contribution is -2.28. The highest BCUT2D eigenvalue weighted by Crippen LogP contribution is 2.26. The van der Waals surface area contributed by atoms with Gasteiger partial charge in [0.15, 0.2) is 11.5 Å². The third-order valence-electron chi connectivity index (χ3n) is 4.46. The molecule has 1 saturated carbocycles. The van der Waals surface area contributed by atoms with Crippen LogP contribution in [0.15, 0.2) is 53.4 Å². The monoisotopic (exact) mass is 391 g/mol. The molecule has 0 aliphatic heterocycles. The lowest BCUT2D eigenvalue weighted by Gasteiger charge is -2.14. The Morgan fingerprint density at radius 1 is 1.00 bits per heavy atom. The Bertz CT molecular complexity index is 830. The summed E-state index contributed by atoms with van der Waals surface area (Å²) in [5.74, 6) is 1.89. The molecule has 0 heterocycles. The molecule has 0 amide bonds. The average Bonchev–Trinajstić information content (AvgIpc) is 3.19. The zero-order valence-electron chi connectivity index (χ0n) is 15.4. The van der Waals surface area contributed by atoms with Crippen molar-refractivity contribution in [1.29, 1.82) is 0 Å². The van der Waals surface area contributed by atoms with E-state index in [-0.39, 0.29) is 24.2 Å². The van der Waals surface area contributed by atoms with Crippen LogP contribution in [0.2, 0.25) is 0 Å². The molecule has 0 radical (unpaired) electrons. The summed E-state index contributed by atoms with van der Waals surface area (Å²) in [7, 11) is -2.03. The fourth-order valence-corrected chi connectivity index (χ4v) is 4.07. The molecule has 1 N–H and O–H groups in total. The molecule has 0 saturated heterocycles. The van der Waals surface area contributed by atoms with E-state index in [1.165, 1.54) is 12.8 Å². The van der Waals surface area contributed by atoms with Crippen molar-refractivity contribution < 1.29 is 22.6 Å². The van der Waals surface area contributed by atoms with E-state index < -0.39 is 10.0 Å². The number of benzene rings is 2. The zero-order valence-corrected chi connectivity index (χ0v) is 16.2. The van der Waals surface area contributed by atoms with E-state index in [2.05, 4.69) is 4.72 Å². The van der Waals surface area contributed by atoms with E-state index in [4.69, 9.17) is 14.2 Å². The van der Waals surface area contributed by atoms with Gasteiger partial charge in [0, 0.05) is 6.54 Å². The maximum Gasteiger partial charge on any atom is 0.240 e. The Morgan fingerprint density at radius 3 is 2.33 bits per heavy atom. The lowest BCUT2D eigenvalue weighted by molar-refractivity contribution is 0.210. The van der Waals surface area contributed by atoms with Gasteiger partial charge >= 0.3 is 0 Å². The first-order chi connectivity index (χ1) is 13.1. The summed E-state index contributed by atoms with van der Waals surface area (Å²) in [6.45, 7) is 0.350. The maximum atomic E-state index is 12.4. The maximum absolute atomic E-state index is 12.4. The second-order valence-corrected chi connectivity index (χ2v) is 8.16. The number of sulfonamides is 1. The quantitative estimate of drug-likeness (QED) is 0.664. The number of ether oxygens (including phenoxy) is 3. The van der Waals surface area contributed by atoms with Gasteiger partial charge in [0.1, 0.15) is 12.4 Å². The molecule has 3 rings (SSSR count). The number of hydrogen-bond donors (Lipinski definition) is 1. The molecule has 1 aliphatic rings. The van der Waals surface area contributed by atoms with Crippen molar-refractivity contribution in [2.45, 2.75) is 36.7 Å². The van der Waals surface area contributed by atoms with Crippen LogP contribution in [0.3, 0.4) is 0 Å². The van der Waals surface area contributed by atoms with Gasteiger partial charge in [0.05, 0.1) is 18.1 Å². The molecule has 2 aromatic rings. The fraction of sp³-hybridized carbons (Fsp3) is 0.400. The molecule has 1 aliphatic carbocycles. The van der Waals surface area contributed by atoms with Crippen LogP contribution in [0.1, 0.15) is 25.7 Å². The van der Waals surface area contributed by atoms with Crippen LogP contribution < -0.4 is 18.9 Å². The summed E-state index contributed by atoms with van der Waals surface area (Å²) < 4.78 is 44.0. The predicted molar refractivity (Wildman–Crippen MR) is 103 cm³/mol. The van der Waals surface area contributed by atoms with Crippen LogP contribution in [-0.2, 0) is 10.0 Å². The van der Waals surface area contributed by atoms with Crippen LogP contribution >= 0.6 is 0 Å². The minimum absolute atomic E-state index is 0.153. The van der Waals surface area contributed by atoms with Crippen LogP contribution in [-0.4, -0.2) is 34.8 Å². The number of methoxy groups -OCH3 is 1. The highest BCUT2D eigenvalue weighted by molar-refractivity contribution is 7.89. The van der Waals surface area contributed by atoms with E-state index in [1.54, 1.807) is 43.5 Å². The molecule has 0 aromatic heterocycles. The number of para-hydroxylation sites is 2. The summed E-state index contributed by atoms with van der Waals surface area (Å²) >= 11 is 0. The summed E-state index contributed by atoms with van der Waals surface area (Å²) in [6, 6.07) is 13.8. The van der Waals surface area contributed by atoms with Gasteiger partial charge in [0.2, 0.25) is 10.0 Å². The van der Waals surface area contributed by atoms with Crippen LogP contribution in [0, 0.1) is 0 Å². The van der Waals surface area contributed by atoms with Gasteiger partial charge in [-0.15, -0.1) is 0 Å². The fourth-order valence-electron chi connectivity index (χ4n) is 3.05. The molecule has 1 fully saturated rings. The first-order valence-electron chi connectivity index (χ1n) is 9.11. The Hall–Kier alpha value is -2.25. The van der Waals surface area contributed by atoms with Crippen molar-refractivity contribution in [3.63, 3.8) is 0 Å². The van der Waals surface area contributed by atoms with E-state index in [9.17, 15) is 8.42 Å². The average molecular weight is 391 g/mol. The van der Waals surface area contributed by atoms with Crippen LogP contribution in [0.25, 0.3) is 0 Å². The van der Waals surface area contributed by atoms with Gasteiger partial charge in [0.25, 0.3) is 0 Å². The van der Waals surface area contributed by atoms with Crippen molar-refractivity contribution >= 4 is 10.0 Å². The van der Waals surface area contributed by atoms with E-state index in [0.717, 1.165) is 12.8 Å². The summed E-state index contributed by atoms with van der Waals surface area (Å²) in [5, 5.41) is 0. The smallest absolute Gasteiger partial charge is 0.240 e. The van der Waals surface area contributed by atoms with Crippen molar-refractivity contribution in [3.8, 4) is 17.2 Å². The Balaban J connectivity index is 1.50. The van der Waals surface area contributed by atoms with Gasteiger partial charge < -0.3 is 14.2 Å².